The Kier molecular flexibility index (Phi) is 6.79. The molecule has 0 bridgehead atoms. The van der Waals surface area contributed by atoms with Crippen molar-refractivity contribution in [1.29, 1.82) is 0 Å². The summed E-state index contributed by atoms with van der Waals surface area (Å²) in [5, 5.41) is 4.15. The van der Waals surface area contributed by atoms with E-state index in [2.05, 4.69) is 120 Å². The average molecular weight is 695 g/mol. The SMILES string of the molecule is c1ccc(-c2cccc(N(c3cccc(-c4cc5oc6ccccc6c5c5nc(-c6ccccc6)oc45)c3)c3ccc4c(c3)oc3ccccc34)c2)cc1. The molecule has 54 heavy (non-hydrogen) atoms. The first-order valence-corrected chi connectivity index (χ1v) is 18.0. The van der Waals surface area contributed by atoms with Gasteiger partial charge in [-0.3, -0.25) is 0 Å². The van der Waals surface area contributed by atoms with Gasteiger partial charge in [-0.15, -0.1) is 0 Å². The smallest absolute Gasteiger partial charge is 0.227 e. The molecule has 11 rings (SSSR count). The normalized spacial score (nSPS) is 11.7. The van der Waals surface area contributed by atoms with Crippen LogP contribution in [0.4, 0.5) is 17.1 Å². The minimum Gasteiger partial charge on any atom is -0.456 e. The van der Waals surface area contributed by atoms with E-state index >= 15 is 0 Å². The van der Waals surface area contributed by atoms with E-state index in [0.717, 1.165) is 94.3 Å². The van der Waals surface area contributed by atoms with Crippen LogP contribution in [0.25, 0.3) is 88.7 Å². The quantitative estimate of drug-likeness (QED) is 0.173. The predicted molar refractivity (Wildman–Crippen MR) is 220 cm³/mol. The fourth-order valence-electron chi connectivity index (χ4n) is 7.77. The van der Waals surface area contributed by atoms with Crippen molar-refractivity contribution in [2.45, 2.75) is 0 Å². The lowest BCUT2D eigenvalue weighted by molar-refractivity contribution is 0.620. The van der Waals surface area contributed by atoms with Gasteiger partial charge in [-0.25, -0.2) is 4.98 Å². The molecule has 0 fully saturated rings. The average Bonchev–Trinajstić information content (AvgIpc) is 3.95. The summed E-state index contributed by atoms with van der Waals surface area (Å²) < 4.78 is 19.6. The van der Waals surface area contributed by atoms with Crippen molar-refractivity contribution >= 4 is 72.0 Å². The number of fused-ring (bicyclic) bond motifs is 8. The van der Waals surface area contributed by atoms with Crippen molar-refractivity contribution in [3.8, 4) is 33.7 Å². The molecule has 0 saturated heterocycles. The highest BCUT2D eigenvalue weighted by Gasteiger charge is 2.22. The second-order valence-electron chi connectivity index (χ2n) is 13.5. The summed E-state index contributed by atoms with van der Waals surface area (Å²) in [6, 6.07) is 62.6. The van der Waals surface area contributed by atoms with E-state index in [1.807, 2.05) is 66.7 Å². The molecule has 254 valence electrons. The van der Waals surface area contributed by atoms with Gasteiger partial charge in [0.25, 0.3) is 0 Å². The molecule has 11 aromatic rings. The molecule has 8 aromatic carbocycles. The molecule has 0 radical (unpaired) electrons. The highest BCUT2D eigenvalue weighted by Crippen LogP contribution is 2.44. The first-order chi connectivity index (χ1) is 26.7. The van der Waals surface area contributed by atoms with Gasteiger partial charge in [0.15, 0.2) is 5.58 Å². The molecule has 3 aromatic heterocycles. The summed E-state index contributed by atoms with van der Waals surface area (Å²) in [5.74, 6) is 0.569. The number of furan rings is 2. The van der Waals surface area contributed by atoms with Gasteiger partial charge in [0, 0.05) is 50.4 Å². The van der Waals surface area contributed by atoms with Gasteiger partial charge in [-0.2, -0.15) is 0 Å². The number of nitrogens with zero attached hydrogens (tertiary/aromatic N) is 2. The molecule has 0 aliphatic rings. The molecular formula is C49H30N2O3. The van der Waals surface area contributed by atoms with Crippen LogP contribution >= 0.6 is 0 Å². The first kappa shape index (κ1) is 30.3. The van der Waals surface area contributed by atoms with Crippen LogP contribution < -0.4 is 4.90 Å². The molecule has 0 N–H and O–H groups in total. The molecule has 3 heterocycles. The van der Waals surface area contributed by atoms with E-state index in [1.165, 1.54) is 0 Å². The maximum absolute atomic E-state index is 6.70. The van der Waals surface area contributed by atoms with Gasteiger partial charge in [0.05, 0.1) is 5.39 Å². The molecule has 0 spiro atoms. The Hall–Kier alpha value is -7.37. The number of benzene rings is 8. The van der Waals surface area contributed by atoms with Crippen LogP contribution in [0.2, 0.25) is 0 Å². The Balaban J connectivity index is 1.13. The van der Waals surface area contributed by atoms with E-state index in [0.29, 0.717) is 11.5 Å². The third-order valence-electron chi connectivity index (χ3n) is 10.3. The Morgan fingerprint density at radius 1 is 0.370 bits per heavy atom. The lowest BCUT2D eigenvalue weighted by Gasteiger charge is -2.26. The number of hydrogen-bond acceptors (Lipinski definition) is 5. The highest BCUT2D eigenvalue weighted by atomic mass is 16.4. The van der Waals surface area contributed by atoms with E-state index in [4.69, 9.17) is 18.2 Å². The first-order valence-electron chi connectivity index (χ1n) is 18.0. The lowest BCUT2D eigenvalue weighted by atomic mass is 10.00. The van der Waals surface area contributed by atoms with Gasteiger partial charge in [0.2, 0.25) is 5.89 Å². The van der Waals surface area contributed by atoms with Gasteiger partial charge in [-0.05, 0) is 83.4 Å². The Morgan fingerprint density at radius 2 is 0.944 bits per heavy atom. The van der Waals surface area contributed by atoms with Crippen molar-refractivity contribution in [2.75, 3.05) is 4.90 Å². The van der Waals surface area contributed by atoms with Gasteiger partial charge >= 0.3 is 0 Å². The number of aromatic nitrogens is 1. The van der Waals surface area contributed by atoms with Crippen molar-refractivity contribution in [2.24, 2.45) is 0 Å². The monoisotopic (exact) mass is 694 g/mol. The summed E-state index contributed by atoms with van der Waals surface area (Å²) in [4.78, 5) is 7.40. The Morgan fingerprint density at radius 3 is 1.72 bits per heavy atom. The fourth-order valence-corrected chi connectivity index (χ4v) is 7.77. The molecule has 0 unspecified atom stereocenters. The summed E-state index contributed by atoms with van der Waals surface area (Å²) in [6.45, 7) is 0. The number of rotatable bonds is 6. The summed E-state index contributed by atoms with van der Waals surface area (Å²) >= 11 is 0. The van der Waals surface area contributed by atoms with Crippen LogP contribution in [0, 0.1) is 0 Å². The summed E-state index contributed by atoms with van der Waals surface area (Å²) in [5.41, 5.74) is 12.8. The second kappa shape index (κ2) is 12.1. The van der Waals surface area contributed by atoms with Crippen molar-refractivity contribution in [1.82, 2.24) is 4.98 Å². The second-order valence-corrected chi connectivity index (χ2v) is 13.5. The van der Waals surface area contributed by atoms with E-state index in [9.17, 15) is 0 Å². The van der Waals surface area contributed by atoms with Gasteiger partial charge in [0.1, 0.15) is 27.8 Å². The van der Waals surface area contributed by atoms with Crippen LogP contribution in [0.5, 0.6) is 0 Å². The Bertz CT molecular complexity index is 3170. The zero-order valence-corrected chi connectivity index (χ0v) is 28.9. The third-order valence-corrected chi connectivity index (χ3v) is 10.3. The van der Waals surface area contributed by atoms with Crippen LogP contribution in [0.3, 0.4) is 0 Å². The zero-order chi connectivity index (χ0) is 35.6. The topological polar surface area (TPSA) is 55.6 Å². The molecule has 0 amide bonds. The summed E-state index contributed by atoms with van der Waals surface area (Å²) in [7, 11) is 0. The van der Waals surface area contributed by atoms with Crippen LogP contribution in [0.15, 0.2) is 195 Å². The van der Waals surface area contributed by atoms with Crippen molar-refractivity contribution in [3.05, 3.63) is 182 Å². The number of oxazole rings is 1. The van der Waals surface area contributed by atoms with Gasteiger partial charge in [-0.1, -0.05) is 109 Å². The Labute approximate surface area is 309 Å². The molecule has 0 saturated carbocycles. The molecule has 0 atom stereocenters. The standard InChI is InChI=1S/C49H30N2O3/c1-3-13-31(14-4-1)33-17-11-19-35(27-33)51(37-25-26-39-38-21-7-9-23-42(38)52-44(39)29-37)36-20-12-18-34(28-36)41-30-45-46(40-22-8-10-24-43(40)53-45)47-48(41)54-49(50-47)32-15-5-2-6-16-32/h1-30H. The van der Waals surface area contributed by atoms with Crippen LogP contribution in [-0.4, -0.2) is 4.98 Å². The molecule has 0 aliphatic carbocycles. The maximum atomic E-state index is 6.70. The minimum absolute atomic E-state index is 0.569. The number of para-hydroxylation sites is 2. The van der Waals surface area contributed by atoms with E-state index in [-0.39, 0.29) is 0 Å². The predicted octanol–water partition coefficient (Wildman–Crippen LogP) is 14.1. The molecule has 5 heteroatoms. The molecular weight excluding hydrogens is 665 g/mol. The van der Waals surface area contributed by atoms with E-state index < -0.39 is 0 Å². The molecule has 5 nitrogen and oxygen atoms in total. The summed E-state index contributed by atoms with van der Waals surface area (Å²) in [6.07, 6.45) is 0. The highest BCUT2D eigenvalue weighted by molar-refractivity contribution is 6.20. The van der Waals surface area contributed by atoms with Crippen LogP contribution in [-0.2, 0) is 0 Å². The van der Waals surface area contributed by atoms with Crippen LogP contribution in [0.1, 0.15) is 0 Å². The van der Waals surface area contributed by atoms with E-state index in [1.54, 1.807) is 0 Å². The molecule has 0 aliphatic heterocycles. The number of anilines is 3. The maximum Gasteiger partial charge on any atom is 0.227 e. The van der Waals surface area contributed by atoms with Crippen molar-refractivity contribution in [3.63, 3.8) is 0 Å². The van der Waals surface area contributed by atoms with Gasteiger partial charge < -0.3 is 18.2 Å². The minimum atomic E-state index is 0.569. The van der Waals surface area contributed by atoms with Crippen molar-refractivity contribution < 1.29 is 13.3 Å². The zero-order valence-electron chi connectivity index (χ0n) is 28.9. The largest absolute Gasteiger partial charge is 0.456 e. The lowest BCUT2D eigenvalue weighted by Crippen LogP contribution is -2.10. The third kappa shape index (κ3) is 4.90. The number of hydrogen-bond donors (Lipinski definition) is 0. The fraction of sp³-hybridized carbons (Fsp3) is 0.